The fraction of sp³-hybridized carbons (Fsp3) is 0.0952. The number of nitrogens with one attached hydrogen (secondary N) is 1. The topological polar surface area (TPSA) is 58.6 Å². The van der Waals surface area contributed by atoms with E-state index in [0.29, 0.717) is 27.6 Å². The fourth-order valence-electron chi connectivity index (χ4n) is 2.63. The van der Waals surface area contributed by atoms with Crippen molar-refractivity contribution in [3.05, 3.63) is 94.5 Å². The summed E-state index contributed by atoms with van der Waals surface area (Å²) in [6, 6.07) is 21.0. The third-order valence-electron chi connectivity index (χ3n) is 4.02. The van der Waals surface area contributed by atoms with Gasteiger partial charge in [-0.15, -0.1) is 0 Å². The first-order chi connectivity index (χ1) is 12.6. The number of anilines is 1. The van der Waals surface area contributed by atoms with Gasteiger partial charge in [-0.25, -0.2) is 0 Å². The lowest BCUT2D eigenvalue weighted by atomic mass is 9.99. The molecular formula is C21H18ClNO3. The fourth-order valence-corrected chi connectivity index (χ4v) is 2.81. The van der Waals surface area contributed by atoms with Gasteiger partial charge in [0.1, 0.15) is 11.9 Å². The van der Waals surface area contributed by atoms with Crippen molar-refractivity contribution < 1.29 is 14.6 Å². The van der Waals surface area contributed by atoms with E-state index in [1.807, 2.05) is 30.3 Å². The number of ether oxygens (including phenoxy) is 1. The van der Waals surface area contributed by atoms with Crippen molar-refractivity contribution in [2.24, 2.45) is 0 Å². The maximum absolute atomic E-state index is 12.5. The first-order valence-electron chi connectivity index (χ1n) is 8.06. The summed E-state index contributed by atoms with van der Waals surface area (Å²) < 4.78 is 5.10. The Labute approximate surface area is 157 Å². The smallest absolute Gasteiger partial charge is 0.255 e. The molecule has 0 fully saturated rings. The Balaban J connectivity index is 1.89. The van der Waals surface area contributed by atoms with Crippen molar-refractivity contribution in [3.63, 3.8) is 0 Å². The lowest BCUT2D eigenvalue weighted by Gasteiger charge is -2.17. The highest BCUT2D eigenvalue weighted by Crippen LogP contribution is 2.31. The van der Waals surface area contributed by atoms with Crippen LogP contribution in [0.2, 0.25) is 5.02 Å². The average molecular weight is 368 g/mol. The Kier molecular flexibility index (Phi) is 5.56. The number of aliphatic hydroxyl groups excluding tert-OH is 1. The number of hydrogen-bond acceptors (Lipinski definition) is 3. The van der Waals surface area contributed by atoms with Gasteiger partial charge < -0.3 is 15.2 Å². The molecule has 0 saturated heterocycles. The van der Waals surface area contributed by atoms with Gasteiger partial charge in [0.2, 0.25) is 0 Å². The molecule has 26 heavy (non-hydrogen) atoms. The van der Waals surface area contributed by atoms with Crippen LogP contribution in [0.25, 0.3) is 0 Å². The van der Waals surface area contributed by atoms with Crippen LogP contribution >= 0.6 is 11.6 Å². The van der Waals surface area contributed by atoms with Gasteiger partial charge >= 0.3 is 0 Å². The molecule has 3 aromatic carbocycles. The molecule has 3 aromatic rings. The van der Waals surface area contributed by atoms with Crippen molar-refractivity contribution in [1.82, 2.24) is 0 Å². The zero-order valence-electron chi connectivity index (χ0n) is 14.1. The van der Waals surface area contributed by atoms with Crippen LogP contribution < -0.4 is 10.1 Å². The SMILES string of the molecule is COc1ccc(C(=O)Nc2ccc(Cl)cc2C(O)c2ccccc2)cc1. The van der Waals surface area contributed by atoms with Crippen LogP contribution in [0.4, 0.5) is 5.69 Å². The number of aliphatic hydroxyl groups is 1. The summed E-state index contributed by atoms with van der Waals surface area (Å²) in [4.78, 5) is 12.5. The summed E-state index contributed by atoms with van der Waals surface area (Å²) in [5.41, 5.74) is 2.24. The van der Waals surface area contributed by atoms with E-state index >= 15 is 0 Å². The number of hydrogen-bond donors (Lipinski definition) is 2. The summed E-state index contributed by atoms with van der Waals surface area (Å²) in [7, 11) is 1.57. The monoisotopic (exact) mass is 367 g/mol. The lowest BCUT2D eigenvalue weighted by molar-refractivity contribution is 0.102. The molecule has 1 atom stereocenters. The molecule has 0 aromatic heterocycles. The minimum Gasteiger partial charge on any atom is -0.497 e. The molecular weight excluding hydrogens is 350 g/mol. The minimum absolute atomic E-state index is 0.281. The quantitative estimate of drug-likeness (QED) is 0.688. The molecule has 0 saturated carbocycles. The molecule has 4 nitrogen and oxygen atoms in total. The highest BCUT2D eigenvalue weighted by atomic mass is 35.5. The summed E-state index contributed by atoms with van der Waals surface area (Å²) in [6.07, 6.45) is -0.902. The number of carbonyl (C=O) groups excluding carboxylic acids is 1. The van der Waals surface area contributed by atoms with E-state index in [-0.39, 0.29) is 5.91 Å². The molecule has 3 rings (SSSR count). The van der Waals surface area contributed by atoms with Crippen LogP contribution in [0.5, 0.6) is 5.75 Å². The Morgan fingerprint density at radius 1 is 1.04 bits per heavy atom. The Morgan fingerprint density at radius 2 is 1.73 bits per heavy atom. The number of amides is 1. The van der Waals surface area contributed by atoms with Crippen LogP contribution in [0.1, 0.15) is 27.6 Å². The number of rotatable bonds is 5. The van der Waals surface area contributed by atoms with Crippen molar-refractivity contribution in [2.45, 2.75) is 6.10 Å². The third kappa shape index (κ3) is 4.04. The van der Waals surface area contributed by atoms with Gasteiger partial charge in [0.25, 0.3) is 5.91 Å². The minimum atomic E-state index is -0.902. The van der Waals surface area contributed by atoms with Crippen LogP contribution in [0, 0.1) is 0 Å². The predicted octanol–water partition coefficient (Wildman–Crippen LogP) is 4.68. The second-order valence-electron chi connectivity index (χ2n) is 5.73. The van der Waals surface area contributed by atoms with Crippen molar-refractivity contribution in [1.29, 1.82) is 0 Å². The van der Waals surface area contributed by atoms with E-state index in [1.54, 1.807) is 49.6 Å². The van der Waals surface area contributed by atoms with Crippen LogP contribution in [0.3, 0.4) is 0 Å². The molecule has 5 heteroatoms. The summed E-state index contributed by atoms with van der Waals surface area (Å²) in [5, 5.41) is 14.0. The van der Waals surface area contributed by atoms with E-state index in [2.05, 4.69) is 5.32 Å². The Bertz CT molecular complexity index is 895. The molecule has 0 bridgehead atoms. The van der Waals surface area contributed by atoms with Crippen LogP contribution in [-0.2, 0) is 0 Å². The van der Waals surface area contributed by atoms with Gasteiger partial charge in [-0.1, -0.05) is 41.9 Å². The molecule has 132 valence electrons. The average Bonchev–Trinajstić information content (AvgIpc) is 2.69. The Hall–Kier alpha value is -2.82. The van der Waals surface area contributed by atoms with Gasteiger partial charge in [0.15, 0.2) is 0 Å². The van der Waals surface area contributed by atoms with Crippen LogP contribution in [0.15, 0.2) is 72.8 Å². The second kappa shape index (κ2) is 8.04. The first kappa shape index (κ1) is 18.0. The highest BCUT2D eigenvalue weighted by Gasteiger charge is 2.17. The molecule has 0 radical (unpaired) electrons. The third-order valence-corrected chi connectivity index (χ3v) is 4.26. The summed E-state index contributed by atoms with van der Waals surface area (Å²) >= 11 is 6.10. The maximum atomic E-state index is 12.5. The van der Waals surface area contributed by atoms with E-state index < -0.39 is 6.10 Å². The first-order valence-corrected chi connectivity index (χ1v) is 8.44. The zero-order chi connectivity index (χ0) is 18.5. The Morgan fingerprint density at radius 3 is 2.38 bits per heavy atom. The van der Waals surface area contributed by atoms with E-state index in [0.717, 1.165) is 5.56 Å². The normalized spacial score (nSPS) is 11.7. The molecule has 0 aliphatic rings. The van der Waals surface area contributed by atoms with Crippen molar-refractivity contribution in [3.8, 4) is 5.75 Å². The largest absolute Gasteiger partial charge is 0.497 e. The second-order valence-corrected chi connectivity index (χ2v) is 6.16. The molecule has 0 aliphatic carbocycles. The van der Waals surface area contributed by atoms with Gasteiger partial charge in [-0.2, -0.15) is 0 Å². The van der Waals surface area contributed by atoms with Gasteiger partial charge in [-0.05, 0) is 48.0 Å². The lowest BCUT2D eigenvalue weighted by Crippen LogP contribution is -2.14. The molecule has 2 N–H and O–H groups in total. The maximum Gasteiger partial charge on any atom is 0.255 e. The predicted molar refractivity (Wildman–Crippen MR) is 103 cm³/mol. The van der Waals surface area contributed by atoms with Crippen molar-refractivity contribution >= 4 is 23.2 Å². The van der Waals surface area contributed by atoms with Gasteiger partial charge in [-0.3, -0.25) is 4.79 Å². The van der Waals surface area contributed by atoms with E-state index in [9.17, 15) is 9.90 Å². The van der Waals surface area contributed by atoms with Crippen LogP contribution in [-0.4, -0.2) is 18.1 Å². The molecule has 0 heterocycles. The number of halogens is 1. The molecule has 0 spiro atoms. The highest BCUT2D eigenvalue weighted by molar-refractivity contribution is 6.30. The molecule has 0 aliphatic heterocycles. The van der Waals surface area contributed by atoms with E-state index in [1.165, 1.54) is 0 Å². The molecule has 1 amide bonds. The zero-order valence-corrected chi connectivity index (χ0v) is 14.9. The summed E-state index contributed by atoms with van der Waals surface area (Å²) in [5.74, 6) is 0.393. The van der Waals surface area contributed by atoms with Crippen molar-refractivity contribution in [2.75, 3.05) is 12.4 Å². The van der Waals surface area contributed by atoms with Gasteiger partial charge in [0.05, 0.1) is 7.11 Å². The van der Waals surface area contributed by atoms with E-state index in [4.69, 9.17) is 16.3 Å². The standard InChI is InChI=1S/C21H18ClNO3/c1-26-17-10-7-15(8-11-17)21(25)23-19-12-9-16(22)13-18(19)20(24)14-5-3-2-4-6-14/h2-13,20,24H,1H3,(H,23,25). The number of carbonyl (C=O) groups is 1. The molecule has 1 unspecified atom stereocenters. The van der Waals surface area contributed by atoms with Gasteiger partial charge in [0, 0.05) is 21.8 Å². The summed E-state index contributed by atoms with van der Waals surface area (Å²) in [6.45, 7) is 0. The number of benzene rings is 3. The number of methoxy groups -OCH3 is 1.